The number of hydrogen-bond donors (Lipinski definition) is 1. The molecule has 138 valence electrons. The summed E-state index contributed by atoms with van der Waals surface area (Å²) in [7, 11) is 0. The first-order valence-corrected chi connectivity index (χ1v) is 8.83. The van der Waals surface area contributed by atoms with Crippen molar-refractivity contribution in [2.75, 3.05) is 11.9 Å². The number of aryl methyl sites for hydroxylation is 2. The number of aromatic nitrogens is 1. The Morgan fingerprint density at radius 3 is 2.63 bits per heavy atom. The van der Waals surface area contributed by atoms with Gasteiger partial charge in [0.25, 0.3) is 5.91 Å². The van der Waals surface area contributed by atoms with Gasteiger partial charge >= 0.3 is 5.97 Å². The number of ether oxygens (including phenoxy) is 1. The minimum Gasteiger partial charge on any atom is -0.452 e. The Balaban J connectivity index is 1.76. The Bertz CT molecular complexity index is 1050. The number of halogens is 1. The molecule has 0 saturated carbocycles. The molecule has 6 heteroatoms. The van der Waals surface area contributed by atoms with Gasteiger partial charge in [0.2, 0.25) is 0 Å². The molecule has 1 heterocycles. The summed E-state index contributed by atoms with van der Waals surface area (Å²) < 4.78 is 5.26. The number of carbonyl (C=O) groups excluding carboxylic acids is 2. The SMILES string of the molecule is Cc1ccc(Cl)cc1NC(=O)COC(=O)c1c(C)c(C)nc2ccccc12. The van der Waals surface area contributed by atoms with Crippen LogP contribution in [0.25, 0.3) is 10.9 Å². The van der Waals surface area contributed by atoms with Crippen LogP contribution in [0.4, 0.5) is 5.69 Å². The third-order valence-corrected chi connectivity index (χ3v) is 4.63. The van der Waals surface area contributed by atoms with Gasteiger partial charge in [0.15, 0.2) is 6.61 Å². The van der Waals surface area contributed by atoms with E-state index in [1.54, 1.807) is 18.2 Å². The molecule has 3 rings (SSSR count). The Morgan fingerprint density at radius 2 is 1.85 bits per heavy atom. The summed E-state index contributed by atoms with van der Waals surface area (Å²) in [5.74, 6) is -0.978. The second-order valence-electron chi connectivity index (χ2n) is 6.30. The highest BCUT2D eigenvalue weighted by atomic mass is 35.5. The molecule has 2 aromatic carbocycles. The molecule has 0 spiro atoms. The molecule has 0 aliphatic carbocycles. The number of amides is 1. The monoisotopic (exact) mass is 382 g/mol. The van der Waals surface area contributed by atoms with E-state index in [9.17, 15) is 9.59 Å². The second-order valence-corrected chi connectivity index (χ2v) is 6.73. The molecule has 0 atom stereocenters. The number of rotatable bonds is 4. The average Bonchev–Trinajstić information content (AvgIpc) is 2.64. The predicted molar refractivity (Wildman–Crippen MR) is 106 cm³/mol. The molecule has 0 saturated heterocycles. The van der Waals surface area contributed by atoms with Crippen molar-refractivity contribution in [3.8, 4) is 0 Å². The van der Waals surface area contributed by atoms with E-state index in [-0.39, 0.29) is 6.61 Å². The zero-order chi connectivity index (χ0) is 19.6. The van der Waals surface area contributed by atoms with Crippen molar-refractivity contribution in [1.82, 2.24) is 4.98 Å². The number of hydrogen-bond acceptors (Lipinski definition) is 4. The summed E-state index contributed by atoms with van der Waals surface area (Å²) in [5, 5.41) is 3.93. The van der Waals surface area contributed by atoms with Gasteiger partial charge in [-0.1, -0.05) is 35.9 Å². The van der Waals surface area contributed by atoms with Gasteiger partial charge < -0.3 is 10.1 Å². The van der Waals surface area contributed by atoms with Crippen LogP contribution in [0.15, 0.2) is 42.5 Å². The smallest absolute Gasteiger partial charge is 0.339 e. The largest absolute Gasteiger partial charge is 0.452 e. The van der Waals surface area contributed by atoms with Gasteiger partial charge in [0.05, 0.1) is 11.1 Å². The van der Waals surface area contributed by atoms with Crippen LogP contribution in [0, 0.1) is 20.8 Å². The molecule has 1 aromatic heterocycles. The van der Waals surface area contributed by atoms with Gasteiger partial charge in [-0.05, 0) is 50.1 Å². The summed E-state index contributed by atoms with van der Waals surface area (Å²) in [5.41, 5.74) is 4.09. The van der Waals surface area contributed by atoms with E-state index in [2.05, 4.69) is 10.3 Å². The van der Waals surface area contributed by atoms with Crippen LogP contribution in [0.1, 0.15) is 27.2 Å². The number of fused-ring (bicyclic) bond motifs is 1. The molecular weight excluding hydrogens is 364 g/mol. The van der Waals surface area contributed by atoms with Gasteiger partial charge in [0, 0.05) is 21.8 Å². The van der Waals surface area contributed by atoms with Crippen LogP contribution in [-0.2, 0) is 9.53 Å². The van der Waals surface area contributed by atoms with Crippen LogP contribution in [0.5, 0.6) is 0 Å². The number of nitrogens with one attached hydrogen (secondary N) is 1. The molecule has 1 N–H and O–H groups in total. The van der Waals surface area contributed by atoms with Crippen molar-refractivity contribution in [2.45, 2.75) is 20.8 Å². The lowest BCUT2D eigenvalue weighted by Gasteiger charge is -2.13. The molecule has 0 aliphatic rings. The lowest BCUT2D eigenvalue weighted by molar-refractivity contribution is -0.119. The summed E-state index contributed by atoms with van der Waals surface area (Å²) in [4.78, 5) is 29.3. The highest BCUT2D eigenvalue weighted by molar-refractivity contribution is 6.31. The van der Waals surface area contributed by atoms with Crippen LogP contribution in [0.2, 0.25) is 5.02 Å². The lowest BCUT2D eigenvalue weighted by Crippen LogP contribution is -2.22. The normalized spacial score (nSPS) is 10.7. The standard InChI is InChI=1S/C21H19ClN2O3/c1-12-8-9-15(22)10-18(12)24-19(25)11-27-21(26)20-13(2)14(3)23-17-7-5-4-6-16(17)20/h4-10H,11H2,1-3H3,(H,24,25). The van der Waals surface area contributed by atoms with Crippen LogP contribution in [0.3, 0.4) is 0 Å². The summed E-state index contributed by atoms with van der Waals surface area (Å²) in [6.45, 7) is 5.13. The molecule has 0 unspecified atom stereocenters. The summed E-state index contributed by atoms with van der Waals surface area (Å²) in [6.07, 6.45) is 0. The zero-order valence-electron chi connectivity index (χ0n) is 15.3. The first kappa shape index (κ1) is 18.9. The van der Waals surface area contributed by atoms with Crippen molar-refractivity contribution in [1.29, 1.82) is 0 Å². The van der Waals surface area contributed by atoms with Gasteiger partial charge in [-0.3, -0.25) is 9.78 Å². The summed E-state index contributed by atoms with van der Waals surface area (Å²) >= 11 is 5.95. The third kappa shape index (κ3) is 4.09. The molecule has 0 radical (unpaired) electrons. The Labute approximate surface area is 162 Å². The minimum atomic E-state index is -0.549. The average molecular weight is 383 g/mol. The van der Waals surface area contributed by atoms with Gasteiger partial charge in [0.1, 0.15) is 0 Å². The first-order valence-electron chi connectivity index (χ1n) is 8.46. The molecule has 0 fully saturated rings. The number of anilines is 1. The fourth-order valence-corrected chi connectivity index (χ4v) is 2.98. The summed E-state index contributed by atoms with van der Waals surface area (Å²) in [6, 6.07) is 12.6. The van der Waals surface area contributed by atoms with Gasteiger partial charge in [-0.25, -0.2) is 4.79 Å². The maximum atomic E-state index is 12.7. The van der Waals surface area contributed by atoms with Crippen LogP contribution < -0.4 is 5.32 Å². The van der Waals surface area contributed by atoms with E-state index in [0.29, 0.717) is 27.2 Å². The van der Waals surface area contributed by atoms with Crippen molar-refractivity contribution < 1.29 is 14.3 Å². The second kappa shape index (κ2) is 7.76. The topological polar surface area (TPSA) is 68.3 Å². The number of esters is 1. The van der Waals surface area contributed by atoms with E-state index in [1.807, 2.05) is 45.0 Å². The van der Waals surface area contributed by atoms with Crippen LogP contribution >= 0.6 is 11.6 Å². The maximum absolute atomic E-state index is 12.7. The van der Waals surface area contributed by atoms with Crippen LogP contribution in [-0.4, -0.2) is 23.5 Å². The molecule has 5 nitrogen and oxygen atoms in total. The molecule has 27 heavy (non-hydrogen) atoms. The minimum absolute atomic E-state index is 0.389. The van der Waals surface area contributed by atoms with E-state index in [0.717, 1.165) is 16.8 Å². The highest BCUT2D eigenvalue weighted by Gasteiger charge is 2.19. The fourth-order valence-electron chi connectivity index (χ4n) is 2.81. The van der Waals surface area contributed by atoms with E-state index >= 15 is 0 Å². The maximum Gasteiger partial charge on any atom is 0.339 e. The molecule has 3 aromatic rings. The van der Waals surface area contributed by atoms with Crippen molar-refractivity contribution in [2.24, 2.45) is 0 Å². The van der Waals surface area contributed by atoms with E-state index < -0.39 is 11.9 Å². The predicted octanol–water partition coefficient (Wildman–Crippen LogP) is 4.61. The first-order chi connectivity index (χ1) is 12.9. The number of pyridine rings is 1. The Morgan fingerprint density at radius 1 is 1.11 bits per heavy atom. The Kier molecular flexibility index (Phi) is 5.42. The lowest BCUT2D eigenvalue weighted by atomic mass is 10.0. The van der Waals surface area contributed by atoms with Crippen molar-refractivity contribution in [3.05, 3.63) is 69.9 Å². The number of benzene rings is 2. The molecule has 0 aliphatic heterocycles. The number of carbonyl (C=O) groups is 2. The third-order valence-electron chi connectivity index (χ3n) is 4.39. The van der Waals surface area contributed by atoms with E-state index in [4.69, 9.17) is 16.3 Å². The van der Waals surface area contributed by atoms with E-state index in [1.165, 1.54) is 0 Å². The van der Waals surface area contributed by atoms with Crippen molar-refractivity contribution >= 4 is 40.1 Å². The molecule has 1 amide bonds. The van der Waals surface area contributed by atoms with Crippen molar-refractivity contribution in [3.63, 3.8) is 0 Å². The quantitative estimate of drug-likeness (QED) is 0.669. The molecule has 0 bridgehead atoms. The molecular formula is C21H19ClN2O3. The van der Waals surface area contributed by atoms with Gasteiger partial charge in [-0.2, -0.15) is 0 Å². The fraction of sp³-hybridized carbons (Fsp3) is 0.190. The van der Waals surface area contributed by atoms with Gasteiger partial charge in [-0.15, -0.1) is 0 Å². The Hall–Kier alpha value is -2.92. The highest BCUT2D eigenvalue weighted by Crippen LogP contribution is 2.24. The zero-order valence-corrected chi connectivity index (χ0v) is 16.1. The number of para-hydroxylation sites is 1. The number of nitrogens with zero attached hydrogens (tertiary/aromatic N) is 1.